The minimum Gasteiger partial charge on any atom is -0.480 e. The predicted octanol–water partition coefficient (Wildman–Crippen LogP) is 0.840. The maximum atomic E-state index is 11.8. The molecule has 0 aromatic rings. The Hall–Kier alpha value is -1.63. The molecule has 0 heterocycles. The fourth-order valence-corrected chi connectivity index (χ4v) is 2.14. The van der Waals surface area contributed by atoms with E-state index in [1.165, 1.54) is 0 Å². The molecule has 0 fully saturated rings. The van der Waals surface area contributed by atoms with Gasteiger partial charge in [-0.1, -0.05) is 34.1 Å². The van der Waals surface area contributed by atoms with E-state index in [2.05, 4.69) is 29.4 Å². The van der Waals surface area contributed by atoms with Crippen molar-refractivity contribution in [2.45, 2.75) is 53.0 Å². The first-order valence-electron chi connectivity index (χ1n) is 8.36. The molecule has 3 N–H and O–H groups in total. The topological polar surface area (TPSA) is 98.7 Å². The second-order valence-corrected chi connectivity index (χ2v) is 5.65. The molecule has 0 aromatic heterocycles. The fourth-order valence-electron chi connectivity index (χ4n) is 2.14. The number of nitrogens with zero attached hydrogens (tertiary/aromatic N) is 1. The SMILES string of the molecule is CCC(C)C(NC(=O)CCC(=O)NCCN(CC)CC)C(=O)O. The summed E-state index contributed by atoms with van der Waals surface area (Å²) in [6.07, 6.45) is 0.720. The number of carboxylic acids is 1. The summed E-state index contributed by atoms with van der Waals surface area (Å²) in [7, 11) is 0. The number of rotatable bonds is 12. The normalized spacial score (nSPS) is 13.4. The van der Waals surface area contributed by atoms with Crippen LogP contribution in [0, 0.1) is 5.92 Å². The van der Waals surface area contributed by atoms with Gasteiger partial charge < -0.3 is 20.6 Å². The van der Waals surface area contributed by atoms with Crippen LogP contribution in [0.2, 0.25) is 0 Å². The van der Waals surface area contributed by atoms with Crippen molar-refractivity contribution >= 4 is 17.8 Å². The number of aliphatic carboxylic acids is 1. The van der Waals surface area contributed by atoms with Gasteiger partial charge in [-0.25, -0.2) is 4.79 Å². The summed E-state index contributed by atoms with van der Waals surface area (Å²) in [5.41, 5.74) is 0. The number of nitrogens with one attached hydrogen (secondary N) is 2. The van der Waals surface area contributed by atoms with E-state index in [4.69, 9.17) is 5.11 Å². The molecule has 7 nitrogen and oxygen atoms in total. The van der Waals surface area contributed by atoms with Crippen molar-refractivity contribution in [3.05, 3.63) is 0 Å². The lowest BCUT2D eigenvalue weighted by molar-refractivity contribution is -0.143. The van der Waals surface area contributed by atoms with Crippen molar-refractivity contribution in [3.63, 3.8) is 0 Å². The van der Waals surface area contributed by atoms with E-state index >= 15 is 0 Å². The predicted molar refractivity (Wildman–Crippen MR) is 89.1 cm³/mol. The van der Waals surface area contributed by atoms with Crippen molar-refractivity contribution in [1.29, 1.82) is 0 Å². The van der Waals surface area contributed by atoms with Crippen LogP contribution in [0.5, 0.6) is 0 Å². The summed E-state index contributed by atoms with van der Waals surface area (Å²) in [6.45, 7) is 11.0. The van der Waals surface area contributed by atoms with Gasteiger partial charge in [-0.15, -0.1) is 0 Å². The lowest BCUT2D eigenvalue weighted by Crippen LogP contribution is -2.45. The molecule has 0 aliphatic heterocycles. The summed E-state index contributed by atoms with van der Waals surface area (Å²) < 4.78 is 0. The number of amides is 2. The van der Waals surface area contributed by atoms with Gasteiger partial charge in [0, 0.05) is 25.9 Å². The average molecular weight is 329 g/mol. The van der Waals surface area contributed by atoms with Gasteiger partial charge in [-0.3, -0.25) is 9.59 Å². The van der Waals surface area contributed by atoms with E-state index in [1.807, 2.05) is 6.92 Å². The number of likely N-dealkylation sites (N-methyl/N-ethyl adjacent to an activating group) is 1. The summed E-state index contributed by atoms with van der Waals surface area (Å²) >= 11 is 0. The largest absolute Gasteiger partial charge is 0.480 e. The minimum atomic E-state index is -1.05. The summed E-state index contributed by atoms with van der Waals surface area (Å²) in [5.74, 6) is -1.80. The van der Waals surface area contributed by atoms with Gasteiger partial charge in [0.2, 0.25) is 11.8 Å². The van der Waals surface area contributed by atoms with Crippen LogP contribution in [0.3, 0.4) is 0 Å². The molecule has 134 valence electrons. The highest BCUT2D eigenvalue weighted by atomic mass is 16.4. The number of carbonyl (C=O) groups is 3. The number of hydrogen-bond acceptors (Lipinski definition) is 4. The highest BCUT2D eigenvalue weighted by Gasteiger charge is 2.25. The lowest BCUT2D eigenvalue weighted by atomic mass is 9.99. The molecule has 0 aliphatic carbocycles. The van der Waals surface area contributed by atoms with Crippen molar-refractivity contribution < 1.29 is 19.5 Å². The molecule has 23 heavy (non-hydrogen) atoms. The molecule has 2 unspecified atom stereocenters. The Morgan fingerprint density at radius 3 is 2.09 bits per heavy atom. The molecule has 0 rings (SSSR count). The molecule has 0 radical (unpaired) electrons. The lowest BCUT2D eigenvalue weighted by Gasteiger charge is -2.20. The van der Waals surface area contributed by atoms with E-state index in [0.29, 0.717) is 13.0 Å². The number of carbonyl (C=O) groups excluding carboxylic acids is 2. The van der Waals surface area contributed by atoms with Crippen molar-refractivity contribution in [1.82, 2.24) is 15.5 Å². The Labute approximate surface area is 138 Å². The summed E-state index contributed by atoms with van der Waals surface area (Å²) in [4.78, 5) is 36.8. The van der Waals surface area contributed by atoms with Crippen LogP contribution in [0.25, 0.3) is 0 Å². The second kappa shape index (κ2) is 11.9. The number of carboxylic acid groups (broad SMARTS) is 1. The maximum absolute atomic E-state index is 11.8. The Bertz CT molecular complexity index is 384. The molecule has 2 atom stereocenters. The third-order valence-corrected chi connectivity index (χ3v) is 4.02. The van der Waals surface area contributed by atoms with Crippen LogP contribution in [-0.4, -0.2) is 60.0 Å². The van der Waals surface area contributed by atoms with Crippen LogP contribution in [0.4, 0.5) is 0 Å². The van der Waals surface area contributed by atoms with E-state index in [0.717, 1.165) is 19.6 Å². The first kappa shape index (κ1) is 21.4. The van der Waals surface area contributed by atoms with Crippen LogP contribution in [-0.2, 0) is 14.4 Å². The zero-order chi connectivity index (χ0) is 17.8. The fraction of sp³-hybridized carbons (Fsp3) is 0.812. The molecule has 0 saturated heterocycles. The van der Waals surface area contributed by atoms with Crippen molar-refractivity contribution in [2.75, 3.05) is 26.2 Å². The monoisotopic (exact) mass is 329 g/mol. The highest BCUT2D eigenvalue weighted by molar-refractivity contribution is 5.87. The van der Waals surface area contributed by atoms with E-state index < -0.39 is 17.9 Å². The van der Waals surface area contributed by atoms with Gasteiger partial charge in [0.1, 0.15) is 6.04 Å². The Balaban J connectivity index is 4.08. The van der Waals surface area contributed by atoms with E-state index in [9.17, 15) is 14.4 Å². The molecule has 0 bridgehead atoms. The van der Waals surface area contributed by atoms with Crippen molar-refractivity contribution in [2.24, 2.45) is 5.92 Å². The van der Waals surface area contributed by atoms with Gasteiger partial charge >= 0.3 is 5.97 Å². The summed E-state index contributed by atoms with van der Waals surface area (Å²) in [6, 6.07) is -0.904. The average Bonchev–Trinajstić information content (AvgIpc) is 2.53. The molecule has 0 aliphatic rings. The highest BCUT2D eigenvalue weighted by Crippen LogP contribution is 2.08. The second-order valence-electron chi connectivity index (χ2n) is 5.65. The van der Waals surface area contributed by atoms with Gasteiger partial charge in [0.15, 0.2) is 0 Å². The molecule has 7 heteroatoms. The third kappa shape index (κ3) is 9.18. The smallest absolute Gasteiger partial charge is 0.326 e. The Kier molecular flexibility index (Phi) is 11.0. The molecule has 0 spiro atoms. The first-order chi connectivity index (χ1) is 10.8. The van der Waals surface area contributed by atoms with Gasteiger partial charge in [0.05, 0.1) is 0 Å². The Morgan fingerprint density at radius 1 is 1.04 bits per heavy atom. The van der Waals surface area contributed by atoms with Crippen LogP contribution >= 0.6 is 0 Å². The molecule has 0 saturated carbocycles. The van der Waals surface area contributed by atoms with Gasteiger partial charge in [-0.2, -0.15) is 0 Å². The van der Waals surface area contributed by atoms with Crippen LogP contribution in [0.15, 0.2) is 0 Å². The van der Waals surface area contributed by atoms with E-state index in [-0.39, 0.29) is 24.7 Å². The maximum Gasteiger partial charge on any atom is 0.326 e. The first-order valence-corrected chi connectivity index (χ1v) is 8.36. The Morgan fingerprint density at radius 2 is 1.61 bits per heavy atom. The van der Waals surface area contributed by atoms with Crippen LogP contribution < -0.4 is 10.6 Å². The summed E-state index contributed by atoms with van der Waals surface area (Å²) in [5, 5.41) is 14.4. The standard InChI is InChI=1S/C16H31N3O4/c1-5-12(4)15(16(22)23)18-14(21)9-8-13(20)17-10-11-19(6-2)7-3/h12,15H,5-11H2,1-4H3,(H,17,20)(H,18,21)(H,22,23). The zero-order valence-corrected chi connectivity index (χ0v) is 14.7. The van der Waals surface area contributed by atoms with E-state index in [1.54, 1.807) is 6.92 Å². The van der Waals surface area contributed by atoms with Crippen molar-refractivity contribution in [3.8, 4) is 0 Å². The number of hydrogen-bond donors (Lipinski definition) is 3. The van der Waals surface area contributed by atoms with Crippen LogP contribution in [0.1, 0.15) is 47.0 Å². The molecule has 0 aromatic carbocycles. The third-order valence-electron chi connectivity index (χ3n) is 4.02. The minimum absolute atomic E-state index is 0.00266. The quantitative estimate of drug-likeness (QED) is 0.493. The molecule has 2 amide bonds. The zero-order valence-electron chi connectivity index (χ0n) is 14.7. The van der Waals surface area contributed by atoms with Gasteiger partial charge in [0.25, 0.3) is 0 Å². The van der Waals surface area contributed by atoms with Gasteiger partial charge in [-0.05, 0) is 19.0 Å². The molecular formula is C16H31N3O4. The molecular weight excluding hydrogens is 298 g/mol.